The fraction of sp³-hybridized carbons (Fsp3) is 0.182. The third kappa shape index (κ3) is 6.12. The van der Waals surface area contributed by atoms with Gasteiger partial charge in [-0.1, -0.05) is 125 Å². The summed E-state index contributed by atoms with van der Waals surface area (Å²) in [6, 6.07) is 39.7. The van der Waals surface area contributed by atoms with Crippen molar-refractivity contribution in [3.05, 3.63) is 155 Å². The van der Waals surface area contributed by atoms with Crippen molar-refractivity contribution in [2.45, 2.75) is 17.7 Å². The van der Waals surface area contributed by atoms with Gasteiger partial charge in [-0.3, -0.25) is 4.90 Å². The molecule has 0 fully saturated rings. The van der Waals surface area contributed by atoms with Crippen molar-refractivity contribution in [3.63, 3.8) is 0 Å². The fourth-order valence-electron chi connectivity index (χ4n) is 4.83. The summed E-state index contributed by atoms with van der Waals surface area (Å²) in [6.45, 7) is 4.60. The first-order valence-corrected chi connectivity index (χ1v) is 13.4. The highest BCUT2D eigenvalue weighted by atomic mass is 79.9. The summed E-state index contributed by atoms with van der Waals surface area (Å²) >= 11 is 3.47. The molecule has 0 aliphatic heterocycles. The Hall–Kier alpha value is -3.53. The zero-order valence-corrected chi connectivity index (χ0v) is 22.7. The quantitative estimate of drug-likeness (QED) is 0.115. The number of aliphatic hydroxyl groups excluding tert-OH is 1. The Labute approximate surface area is 233 Å². The van der Waals surface area contributed by atoms with Crippen LogP contribution < -0.4 is 0 Å². The van der Waals surface area contributed by atoms with Crippen molar-refractivity contribution >= 4 is 15.9 Å². The Kier molecular flexibility index (Phi) is 9.64. The average Bonchev–Trinajstić information content (AvgIpc) is 2.97. The molecule has 5 heteroatoms. The van der Waals surface area contributed by atoms with E-state index in [2.05, 4.69) is 65.0 Å². The fourth-order valence-corrected chi connectivity index (χ4v) is 5.10. The topological polar surface area (TPSA) is 56.5 Å². The van der Waals surface area contributed by atoms with E-state index < -0.39 is 17.7 Å². The van der Waals surface area contributed by atoms with Crippen LogP contribution in [-0.2, 0) is 10.3 Å². The van der Waals surface area contributed by atoms with Crippen LogP contribution in [0.1, 0.15) is 28.4 Å². The molecule has 0 aliphatic carbocycles. The van der Waals surface area contributed by atoms with Crippen molar-refractivity contribution in [1.82, 2.24) is 4.90 Å². The maximum Gasteiger partial charge on any atom is 0.143 e. The van der Waals surface area contributed by atoms with Gasteiger partial charge in [-0.2, -0.15) is 5.26 Å². The average molecular weight is 568 g/mol. The van der Waals surface area contributed by atoms with Crippen LogP contribution in [0.5, 0.6) is 0 Å². The molecule has 0 aliphatic rings. The second-order valence-corrected chi connectivity index (χ2v) is 9.95. The lowest BCUT2D eigenvalue weighted by atomic mass is 9.80. The van der Waals surface area contributed by atoms with Gasteiger partial charge in [0.05, 0.1) is 31.4 Å². The molecular weight excluding hydrogens is 536 g/mol. The van der Waals surface area contributed by atoms with Crippen molar-refractivity contribution in [2.24, 2.45) is 0 Å². The van der Waals surface area contributed by atoms with Gasteiger partial charge < -0.3 is 9.84 Å². The molecular formula is C33H31BrN2O2. The molecule has 1 N–H and O–H groups in total. The molecule has 0 heterocycles. The number of hydrogen-bond acceptors (Lipinski definition) is 4. The van der Waals surface area contributed by atoms with E-state index in [0.717, 1.165) is 26.7 Å². The zero-order valence-electron chi connectivity index (χ0n) is 21.2. The Bertz CT molecular complexity index is 1230. The van der Waals surface area contributed by atoms with Crippen LogP contribution in [0.25, 0.3) is 0 Å². The van der Waals surface area contributed by atoms with Gasteiger partial charge in [0.2, 0.25) is 0 Å². The van der Waals surface area contributed by atoms with Crippen molar-refractivity contribution in [2.75, 3.05) is 19.7 Å². The molecule has 0 amide bonds. The van der Waals surface area contributed by atoms with E-state index in [4.69, 9.17) is 4.74 Å². The number of aliphatic hydroxyl groups is 1. The van der Waals surface area contributed by atoms with Crippen LogP contribution >= 0.6 is 15.9 Å². The van der Waals surface area contributed by atoms with Crippen molar-refractivity contribution in [3.8, 4) is 6.07 Å². The van der Waals surface area contributed by atoms with Gasteiger partial charge in [0.1, 0.15) is 5.60 Å². The number of rotatable bonds is 12. The summed E-state index contributed by atoms with van der Waals surface area (Å²) in [6.07, 6.45) is 0.855. The third-order valence-corrected chi connectivity index (χ3v) is 7.22. The molecule has 0 bridgehead atoms. The Morgan fingerprint density at radius 3 is 1.74 bits per heavy atom. The maximum atomic E-state index is 11.6. The summed E-state index contributed by atoms with van der Waals surface area (Å²) < 4.78 is 7.96. The molecule has 4 aromatic carbocycles. The van der Waals surface area contributed by atoms with Crippen LogP contribution in [0.3, 0.4) is 0 Å². The van der Waals surface area contributed by atoms with Crippen LogP contribution in [0.4, 0.5) is 0 Å². The molecule has 192 valence electrons. The van der Waals surface area contributed by atoms with Gasteiger partial charge >= 0.3 is 0 Å². The maximum absolute atomic E-state index is 11.6. The van der Waals surface area contributed by atoms with Crippen LogP contribution in [0, 0.1) is 11.3 Å². The normalized spacial score (nSPS) is 13.0. The molecule has 0 aromatic heterocycles. The van der Waals surface area contributed by atoms with Crippen molar-refractivity contribution < 1.29 is 9.84 Å². The highest BCUT2D eigenvalue weighted by molar-refractivity contribution is 9.10. The minimum Gasteiger partial charge on any atom is -0.387 e. The highest BCUT2D eigenvalue weighted by Crippen LogP contribution is 2.41. The van der Waals surface area contributed by atoms with Crippen LogP contribution in [-0.4, -0.2) is 35.7 Å². The molecule has 2 atom stereocenters. The van der Waals surface area contributed by atoms with Gasteiger partial charge in [-0.15, -0.1) is 6.58 Å². The molecule has 0 spiro atoms. The van der Waals surface area contributed by atoms with E-state index in [0.29, 0.717) is 6.54 Å². The van der Waals surface area contributed by atoms with Gasteiger partial charge in [0.15, 0.2) is 0 Å². The number of nitriles is 1. The Morgan fingerprint density at radius 2 is 1.32 bits per heavy atom. The predicted octanol–water partition coefficient (Wildman–Crippen LogP) is 6.87. The molecule has 0 saturated carbocycles. The van der Waals surface area contributed by atoms with Gasteiger partial charge in [-0.25, -0.2) is 0 Å². The van der Waals surface area contributed by atoms with Crippen LogP contribution in [0.15, 0.2) is 132 Å². The van der Waals surface area contributed by atoms with E-state index in [1.807, 2.05) is 83.8 Å². The van der Waals surface area contributed by atoms with E-state index >= 15 is 0 Å². The molecule has 38 heavy (non-hydrogen) atoms. The summed E-state index contributed by atoms with van der Waals surface area (Å²) in [5.41, 5.74) is 2.74. The third-order valence-electron chi connectivity index (χ3n) is 6.69. The van der Waals surface area contributed by atoms with Gasteiger partial charge in [0, 0.05) is 11.0 Å². The number of ether oxygens (including phenoxy) is 1. The monoisotopic (exact) mass is 566 g/mol. The molecule has 0 radical (unpaired) electrons. The van der Waals surface area contributed by atoms with Gasteiger partial charge in [-0.05, 0) is 34.4 Å². The summed E-state index contributed by atoms with van der Waals surface area (Å²) in [5.74, 6) is 0. The number of hydrogen-bond donors (Lipinski definition) is 1. The van der Waals surface area contributed by atoms with E-state index in [1.165, 1.54) is 0 Å². The number of halogens is 1. The molecule has 0 saturated heterocycles. The van der Waals surface area contributed by atoms with E-state index in [-0.39, 0.29) is 13.2 Å². The summed E-state index contributed by atoms with van der Waals surface area (Å²) in [4.78, 5) is 1.91. The number of nitrogens with zero attached hydrogens (tertiary/aromatic N) is 2. The lowest BCUT2D eigenvalue weighted by Gasteiger charge is -2.40. The SMILES string of the molecule is C=CCN(CC#N)[C@H](COC(c1ccccc1)(c1ccccc1)c1ccccc1)[C@@H](O)c1ccc(Br)cc1. The Balaban J connectivity index is 1.83. The molecule has 0 unspecified atom stereocenters. The lowest BCUT2D eigenvalue weighted by molar-refractivity contribution is -0.0538. The predicted molar refractivity (Wildman–Crippen MR) is 155 cm³/mol. The zero-order chi connectivity index (χ0) is 26.8. The largest absolute Gasteiger partial charge is 0.387 e. The molecule has 4 nitrogen and oxygen atoms in total. The smallest absolute Gasteiger partial charge is 0.143 e. The highest BCUT2D eigenvalue weighted by Gasteiger charge is 2.39. The summed E-state index contributed by atoms with van der Waals surface area (Å²) in [5, 5.41) is 21.2. The second-order valence-electron chi connectivity index (χ2n) is 9.03. The van der Waals surface area contributed by atoms with Crippen LogP contribution in [0.2, 0.25) is 0 Å². The Morgan fingerprint density at radius 1 is 0.842 bits per heavy atom. The lowest BCUT2D eigenvalue weighted by Crippen LogP contribution is -2.46. The first-order valence-electron chi connectivity index (χ1n) is 12.6. The second kappa shape index (κ2) is 13.3. The molecule has 4 aromatic rings. The molecule has 4 rings (SSSR count). The first kappa shape index (κ1) is 27.5. The standard InChI is InChI=1S/C33H31BrN2O2/c1-2-23-36(24-22-35)31(32(37)26-18-20-30(34)21-19-26)25-38-33(27-12-6-3-7-13-27,28-14-8-4-9-15-28)29-16-10-5-11-17-29/h2-21,31-32,37H,1,23-25H2/t31-,32+/m1/s1. The number of benzene rings is 4. The minimum atomic E-state index is -0.937. The van der Waals surface area contributed by atoms with Gasteiger partial charge in [0.25, 0.3) is 0 Å². The van der Waals surface area contributed by atoms with E-state index in [9.17, 15) is 10.4 Å². The van der Waals surface area contributed by atoms with E-state index in [1.54, 1.807) is 6.08 Å². The first-order chi connectivity index (χ1) is 18.6. The van der Waals surface area contributed by atoms with Crippen molar-refractivity contribution in [1.29, 1.82) is 5.26 Å². The minimum absolute atomic E-state index is 0.128. The summed E-state index contributed by atoms with van der Waals surface area (Å²) in [7, 11) is 0.